The molecular formula is C22H26N2O7S. The van der Waals surface area contributed by atoms with Gasteiger partial charge < -0.3 is 19.5 Å². The van der Waals surface area contributed by atoms with Crippen LogP contribution < -0.4 is 10.1 Å². The molecule has 1 fully saturated rings. The molecule has 2 heterocycles. The van der Waals surface area contributed by atoms with E-state index in [1.54, 1.807) is 52.0 Å². The molecule has 0 saturated carbocycles. The quantitative estimate of drug-likeness (QED) is 0.371. The van der Waals surface area contributed by atoms with Gasteiger partial charge in [-0.2, -0.15) is 0 Å². The van der Waals surface area contributed by atoms with Crippen molar-refractivity contribution in [1.82, 2.24) is 10.2 Å². The predicted molar refractivity (Wildman–Crippen MR) is 116 cm³/mol. The van der Waals surface area contributed by atoms with Crippen molar-refractivity contribution in [3.8, 4) is 5.75 Å². The number of thioether (sulfide) groups is 1. The number of hydrogen-bond donors (Lipinski definition) is 1. The highest BCUT2D eigenvalue weighted by molar-refractivity contribution is 8.00. The Labute approximate surface area is 190 Å². The monoisotopic (exact) mass is 462 g/mol. The molecule has 0 radical (unpaired) electrons. The van der Waals surface area contributed by atoms with Gasteiger partial charge in [0.2, 0.25) is 6.79 Å². The lowest BCUT2D eigenvalue weighted by Gasteiger charge is -2.49. The highest BCUT2D eigenvalue weighted by atomic mass is 32.2. The topological polar surface area (TPSA) is 111 Å². The molecule has 1 N–H and O–H groups in total. The normalized spacial score (nSPS) is 20.1. The first kappa shape index (κ1) is 23.6. The SMILES string of the molecule is CC1=C(C(=O)OCOC(=O)C(C)(C)C)N2C(=O)C(NC(=O)COc3ccccc3)[C@H]2SC1. The minimum absolute atomic E-state index is 0.122. The van der Waals surface area contributed by atoms with Crippen molar-refractivity contribution in [3.63, 3.8) is 0 Å². The first-order valence-corrected chi connectivity index (χ1v) is 11.1. The van der Waals surface area contributed by atoms with Crippen molar-refractivity contribution in [2.24, 2.45) is 5.41 Å². The summed E-state index contributed by atoms with van der Waals surface area (Å²) >= 11 is 1.44. The van der Waals surface area contributed by atoms with Crippen LogP contribution >= 0.6 is 11.8 Å². The van der Waals surface area contributed by atoms with Crippen LogP contribution in [0.4, 0.5) is 0 Å². The number of nitrogens with zero attached hydrogens (tertiary/aromatic N) is 1. The van der Waals surface area contributed by atoms with Crippen molar-refractivity contribution < 1.29 is 33.4 Å². The van der Waals surface area contributed by atoms with E-state index >= 15 is 0 Å². The lowest BCUT2D eigenvalue weighted by molar-refractivity contribution is -0.173. The number of benzene rings is 1. The van der Waals surface area contributed by atoms with Crippen LogP contribution in [0.2, 0.25) is 0 Å². The minimum Gasteiger partial charge on any atom is -0.484 e. The fraction of sp³-hybridized carbons (Fsp3) is 0.455. The Morgan fingerprint density at radius 2 is 1.84 bits per heavy atom. The Hall–Kier alpha value is -3.01. The molecule has 1 saturated heterocycles. The highest BCUT2D eigenvalue weighted by Crippen LogP contribution is 2.40. The molecule has 2 atom stereocenters. The molecule has 10 heteroatoms. The van der Waals surface area contributed by atoms with Crippen molar-refractivity contribution in [2.75, 3.05) is 19.2 Å². The number of para-hydroxylation sites is 1. The summed E-state index contributed by atoms with van der Waals surface area (Å²) in [6, 6.07) is 8.11. The first-order valence-electron chi connectivity index (χ1n) is 10.1. The van der Waals surface area contributed by atoms with E-state index in [9.17, 15) is 19.2 Å². The molecule has 0 aromatic heterocycles. The van der Waals surface area contributed by atoms with Gasteiger partial charge in [0, 0.05) is 5.75 Å². The zero-order valence-corrected chi connectivity index (χ0v) is 19.2. The molecule has 9 nitrogen and oxygen atoms in total. The van der Waals surface area contributed by atoms with E-state index in [0.717, 1.165) is 0 Å². The van der Waals surface area contributed by atoms with Crippen molar-refractivity contribution in [3.05, 3.63) is 41.6 Å². The van der Waals surface area contributed by atoms with Gasteiger partial charge in [-0.15, -0.1) is 11.8 Å². The van der Waals surface area contributed by atoms with Gasteiger partial charge in [-0.3, -0.25) is 19.3 Å². The van der Waals surface area contributed by atoms with E-state index in [4.69, 9.17) is 14.2 Å². The number of fused-ring (bicyclic) bond motifs is 1. The van der Waals surface area contributed by atoms with E-state index in [1.807, 2.05) is 6.07 Å². The molecule has 2 aliphatic rings. The number of amides is 2. The van der Waals surface area contributed by atoms with Crippen LogP contribution in [-0.2, 0) is 28.7 Å². The Morgan fingerprint density at radius 1 is 1.16 bits per heavy atom. The van der Waals surface area contributed by atoms with Crippen LogP contribution in [0.25, 0.3) is 0 Å². The van der Waals surface area contributed by atoms with Crippen LogP contribution in [-0.4, -0.2) is 59.2 Å². The maximum absolute atomic E-state index is 12.7. The van der Waals surface area contributed by atoms with E-state index in [-0.39, 0.29) is 12.3 Å². The van der Waals surface area contributed by atoms with Crippen molar-refractivity contribution >= 4 is 35.5 Å². The Bertz CT molecular complexity index is 939. The molecule has 0 spiro atoms. The molecule has 2 aliphatic heterocycles. The fourth-order valence-corrected chi connectivity index (χ4v) is 4.36. The van der Waals surface area contributed by atoms with Crippen molar-refractivity contribution in [1.29, 1.82) is 0 Å². The Kier molecular flexibility index (Phi) is 7.12. The Morgan fingerprint density at radius 3 is 2.50 bits per heavy atom. The van der Waals surface area contributed by atoms with Gasteiger partial charge in [0.15, 0.2) is 6.61 Å². The molecule has 172 valence electrons. The lowest BCUT2D eigenvalue weighted by atomic mass is 9.98. The fourth-order valence-electron chi connectivity index (χ4n) is 3.06. The molecule has 3 rings (SSSR count). The van der Waals surface area contributed by atoms with Crippen LogP contribution in [0.15, 0.2) is 41.6 Å². The van der Waals surface area contributed by atoms with Crippen LogP contribution in [0.5, 0.6) is 5.75 Å². The van der Waals surface area contributed by atoms with Gasteiger partial charge in [0.1, 0.15) is 22.9 Å². The molecule has 1 aromatic rings. The van der Waals surface area contributed by atoms with Gasteiger partial charge in [0.05, 0.1) is 5.41 Å². The summed E-state index contributed by atoms with van der Waals surface area (Å²) in [7, 11) is 0. The van der Waals surface area contributed by atoms with Gasteiger partial charge in [-0.1, -0.05) is 18.2 Å². The second-order valence-electron chi connectivity index (χ2n) is 8.42. The van der Waals surface area contributed by atoms with E-state index in [1.165, 1.54) is 16.7 Å². The zero-order chi connectivity index (χ0) is 23.5. The second kappa shape index (κ2) is 9.64. The maximum Gasteiger partial charge on any atom is 0.357 e. The van der Waals surface area contributed by atoms with Gasteiger partial charge in [0.25, 0.3) is 11.8 Å². The molecule has 1 aromatic carbocycles. The van der Waals surface area contributed by atoms with Crippen LogP contribution in [0, 0.1) is 5.41 Å². The summed E-state index contributed by atoms with van der Waals surface area (Å²) < 4.78 is 15.4. The number of carbonyl (C=O) groups excluding carboxylic acids is 4. The number of β-lactam (4-membered cyclic amide) rings is 1. The third kappa shape index (κ3) is 5.24. The van der Waals surface area contributed by atoms with E-state index in [2.05, 4.69) is 5.32 Å². The molecular weight excluding hydrogens is 436 g/mol. The summed E-state index contributed by atoms with van der Waals surface area (Å²) in [5, 5.41) is 2.24. The zero-order valence-electron chi connectivity index (χ0n) is 18.4. The second-order valence-corrected chi connectivity index (χ2v) is 9.52. The molecule has 0 aliphatic carbocycles. The van der Waals surface area contributed by atoms with Crippen molar-refractivity contribution in [2.45, 2.75) is 39.1 Å². The number of hydrogen-bond acceptors (Lipinski definition) is 8. The number of esters is 2. The average molecular weight is 463 g/mol. The summed E-state index contributed by atoms with van der Waals surface area (Å²) in [5.41, 5.74) is 0.0672. The summed E-state index contributed by atoms with van der Waals surface area (Å²) in [6.45, 7) is 6.02. The highest BCUT2D eigenvalue weighted by Gasteiger charge is 2.54. The standard InChI is InChI=1S/C22H26N2O7S/c1-13-11-32-19-16(23-15(25)10-29-14-8-6-5-7-9-14)18(26)24(19)17(13)20(27)30-12-31-21(28)22(2,3)4/h5-9,16,19H,10-12H2,1-4H3,(H,23,25)/t16?,19-/m1/s1. The first-order chi connectivity index (χ1) is 15.1. The van der Waals surface area contributed by atoms with Gasteiger partial charge in [-0.05, 0) is 45.4 Å². The summed E-state index contributed by atoms with van der Waals surface area (Å²) in [4.78, 5) is 50.7. The number of carbonyl (C=O) groups is 4. The average Bonchev–Trinajstić information content (AvgIpc) is 2.75. The largest absolute Gasteiger partial charge is 0.484 e. The Balaban J connectivity index is 1.54. The summed E-state index contributed by atoms with van der Waals surface area (Å²) in [5.74, 6) is -1.06. The van der Waals surface area contributed by atoms with Crippen LogP contribution in [0.1, 0.15) is 27.7 Å². The number of rotatable bonds is 7. The molecule has 32 heavy (non-hydrogen) atoms. The molecule has 0 bridgehead atoms. The smallest absolute Gasteiger partial charge is 0.357 e. The van der Waals surface area contributed by atoms with Crippen LogP contribution in [0.3, 0.4) is 0 Å². The summed E-state index contributed by atoms with van der Waals surface area (Å²) in [6.07, 6.45) is 0. The van der Waals surface area contributed by atoms with Gasteiger partial charge >= 0.3 is 11.9 Å². The van der Waals surface area contributed by atoms with E-state index < -0.39 is 47.4 Å². The predicted octanol–water partition coefficient (Wildman–Crippen LogP) is 1.83. The number of nitrogens with one attached hydrogen (secondary N) is 1. The minimum atomic E-state index is -0.763. The number of ether oxygens (including phenoxy) is 3. The van der Waals surface area contributed by atoms with Gasteiger partial charge in [-0.25, -0.2) is 4.79 Å². The third-order valence-corrected chi connectivity index (χ3v) is 6.20. The molecule has 2 amide bonds. The molecule has 1 unspecified atom stereocenters. The maximum atomic E-state index is 12.7. The lowest BCUT2D eigenvalue weighted by Crippen LogP contribution is -2.70. The van der Waals surface area contributed by atoms with E-state index in [0.29, 0.717) is 17.1 Å². The third-order valence-electron chi connectivity index (χ3n) is 4.77.